The van der Waals surface area contributed by atoms with E-state index >= 15 is 0 Å². The second-order valence-corrected chi connectivity index (χ2v) is 7.51. The molecule has 0 unspecified atom stereocenters. The van der Waals surface area contributed by atoms with Gasteiger partial charge in [-0.1, -0.05) is 5.16 Å². The molecule has 0 saturated carbocycles. The second-order valence-electron chi connectivity index (χ2n) is 5.53. The molecule has 0 fully saturated rings. The van der Waals surface area contributed by atoms with Crippen LogP contribution in [0.5, 0.6) is 11.5 Å². The number of rotatable bonds is 7. The van der Waals surface area contributed by atoms with Gasteiger partial charge in [0.25, 0.3) is 0 Å². The molecule has 1 heterocycles. The Morgan fingerprint density at radius 3 is 2.50 bits per heavy atom. The smallest absolute Gasteiger partial charge is 0.248 e. The highest BCUT2D eigenvalue weighted by Gasteiger charge is 2.29. The summed E-state index contributed by atoms with van der Waals surface area (Å²) in [7, 11) is 0.378. The fraction of sp³-hybridized carbons (Fsp3) is 0.375. The maximum absolute atomic E-state index is 12.6. The summed E-state index contributed by atoms with van der Waals surface area (Å²) < 4.78 is 41.4. The average Bonchev–Trinajstić information content (AvgIpc) is 2.94. The van der Waals surface area contributed by atoms with Gasteiger partial charge in [-0.25, -0.2) is 8.42 Å². The van der Waals surface area contributed by atoms with Crippen molar-refractivity contribution < 1.29 is 27.2 Å². The summed E-state index contributed by atoms with van der Waals surface area (Å²) in [4.78, 5) is 12.3. The Balaban J connectivity index is 2.15. The van der Waals surface area contributed by atoms with E-state index < -0.39 is 15.9 Å². The number of nitrogens with zero attached hydrogens (tertiary/aromatic N) is 2. The zero-order chi connectivity index (χ0) is 19.5. The number of anilines is 1. The number of nitrogens with one attached hydrogen (secondary N) is 1. The fourth-order valence-corrected chi connectivity index (χ4v) is 3.79. The molecule has 0 radical (unpaired) electrons. The van der Waals surface area contributed by atoms with E-state index in [2.05, 4.69) is 10.5 Å². The number of amides is 1. The second kappa shape index (κ2) is 7.75. The van der Waals surface area contributed by atoms with Gasteiger partial charge in [-0.15, -0.1) is 0 Å². The van der Waals surface area contributed by atoms with Crippen LogP contribution < -0.4 is 14.8 Å². The number of methoxy groups -OCH3 is 2. The molecule has 1 amide bonds. The van der Waals surface area contributed by atoms with E-state index in [-0.39, 0.29) is 22.9 Å². The van der Waals surface area contributed by atoms with Crippen LogP contribution in [0.25, 0.3) is 0 Å². The third-order valence-electron chi connectivity index (χ3n) is 3.69. The number of aryl methyl sites for hydroxylation is 2. The van der Waals surface area contributed by atoms with E-state index in [1.807, 2.05) is 0 Å². The van der Waals surface area contributed by atoms with Gasteiger partial charge >= 0.3 is 0 Å². The molecule has 2 aromatic rings. The maximum Gasteiger partial charge on any atom is 0.248 e. The average molecular weight is 383 g/mol. The van der Waals surface area contributed by atoms with E-state index in [4.69, 9.17) is 14.0 Å². The zero-order valence-electron chi connectivity index (χ0n) is 15.2. The minimum absolute atomic E-state index is 0.0326. The van der Waals surface area contributed by atoms with Gasteiger partial charge in [0.05, 0.1) is 26.5 Å². The molecule has 0 aliphatic rings. The minimum atomic E-state index is -3.91. The molecule has 142 valence electrons. The Bertz CT molecular complexity index is 887. The largest absolute Gasteiger partial charge is 0.497 e. The lowest BCUT2D eigenvalue weighted by Crippen LogP contribution is -2.35. The summed E-state index contributed by atoms with van der Waals surface area (Å²) >= 11 is 0. The van der Waals surface area contributed by atoms with Crippen molar-refractivity contribution in [3.63, 3.8) is 0 Å². The molecular formula is C16H21N3O6S. The first-order chi connectivity index (χ1) is 12.2. The number of hydrogen-bond acceptors (Lipinski definition) is 7. The van der Waals surface area contributed by atoms with Crippen LogP contribution in [-0.2, 0) is 14.8 Å². The zero-order valence-corrected chi connectivity index (χ0v) is 16.0. The molecule has 9 nitrogen and oxygen atoms in total. The molecule has 2 rings (SSSR count). The summed E-state index contributed by atoms with van der Waals surface area (Å²) in [6.45, 7) is 2.64. The highest BCUT2D eigenvalue weighted by molar-refractivity contribution is 7.89. The molecular weight excluding hydrogens is 362 g/mol. The highest BCUT2D eigenvalue weighted by Crippen LogP contribution is 2.29. The number of benzene rings is 1. The fourth-order valence-electron chi connectivity index (χ4n) is 2.38. The molecule has 10 heteroatoms. The molecule has 0 spiro atoms. The van der Waals surface area contributed by atoms with Crippen LogP contribution in [0.1, 0.15) is 11.5 Å². The van der Waals surface area contributed by atoms with Crippen molar-refractivity contribution >= 4 is 21.6 Å². The molecule has 0 aliphatic carbocycles. The standard InChI is InChI=1S/C16H21N3O6S/c1-10-16(11(2)25-18-10)26(21,22)19(3)9-15(20)17-13-7-6-12(23-4)8-14(13)24-5/h6-8H,9H2,1-5H3,(H,17,20). The topological polar surface area (TPSA) is 111 Å². The third kappa shape index (κ3) is 3.97. The molecule has 1 aromatic carbocycles. The molecule has 26 heavy (non-hydrogen) atoms. The molecule has 1 aromatic heterocycles. The van der Waals surface area contributed by atoms with E-state index in [1.165, 1.54) is 35.1 Å². The van der Waals surface area contributed by atoms with Crippen LogP contribution >= 0.6 is 0 Å². The summed E-state index contributed by atoms with van der Waals surface area (Å²) in [5, 5.41) is 6.27. The van der Waals surface area contributed by atoms with Crippen LogP contribution in [0.2, 0.25) is 0 Å². The maximum atomic E-state index is 12.6. The molecule has 0 aliphatic heterocycles. The van der Waals surface area contributed by atoms with Crippen molar-refractivity contribution in [2.45, 2.75) is 18.7 Å². The van der Waals surface area contributed by atoms with Gasteiger partial charge in [0.15, 0.2) is 5.76 Å². The lowest BCUT2D eigenvalue weighted by molar-refractivity contribution is -0.116. The lowest BCUT2D eigenvalue weighted by Gasteiger charge is -2.17. The number of carbonyl (C=O) groups is 1. The van der Waals surface area contributed by atoms with Crippen molar-refractivity contribution in [3.8, 4) is 11.5 Å². The van der Waals surface area contributed by atoms with Gasteiger partial charge in [0, 0.05) is 13.1 Å². The Morgan fingerprint density at radius 1 is 1.27 bits per heavy atom. The monoisotopic (exact) mass is 383 g/mol. The first-order valence-corrected chi connectivity index (χ1v) is 9.05. The number of sulfonamides is 1. The predicted octanol–water partition coefficient (Wildman–Crippen LogP) is 1.57. The van der Waals surface area contributed by atoms with Gasteiger partial charge in [-0.05, 0) is 26.0 Å². The summed E-state index contributed by atoms with van der Waals surface area (Å²) in [6.07, 6.45) is 0. The SMILES string of the molecule is COc1ccc(NC(=O)CN(C)S(=O)(=O)c2c(C)noc2C)c(OC)c1. The van der Waals surface area contributed by atoms with Crippen molar-refractivity contribution in [1.82, 2.24) is 9.46 Å². The van der Waals surface area contributed by atoms with Crippen molar-refractivity contribution in [2.24, 2.45) is 0 Å². The van der Waals surface area contributed by atoms with Gasteiger partial charge < -0.3 is 19.3 Å². The number of aromatic nitrogens is 1. The molecule has 0 saturated heterocycles. The Hall–Kier alpha value is -2.59. The molecule has 1 N–H and O–H groups in total. The van der Waals surface area contributed by atoms with E-state index in [1.54, 1.807) is 18.2 Å². The number of hydrogen-bond donors (Lipinski definition) is 1. The van der Waals surface area contributed by atoms with Crippen LogP contribution in [0.4, 0.5) is 5.69 Å². The van der Waals surface area contributed by atoms with E-state index in [0.29, 0.717) is 17.2 Å². The van der Waals surface area contributed by atoms with Crippen molar-refractivity contribution in [2.75, 3.05) is 33.1 Å². The van der Waals surface area contributed by atoms with Crippen LogP contribution in [0.3, 0.4) is 0 Å². The first kappa shape index (κ1) is 19.7. The van der Waals surface area contributed by atoms with Gasteiger partial charge in [-0.3, -0.25) is 4.79 Å². The summed E-state index contributed by atoms with van der Waals surface area (Å²) in [5.74, 6) is 0.616. The number of ether oxygens (including phenoxy) is 2. The number of carbonyl (C=O) groups excluding carboxylic acids is 1. The van der Waals surface area contributed by atoms with Crippen LogP contribution in [0.15, 0.2) is 27.6 Å². The van der Waals surface area contributed by atoms with Crippen LogP contribution in [0, 0.1) is 13.8 Å². The molecule has 0 bridgehead atoms. The van der Waals surface area contributed by atoms with Crippen molar-refractivity contribution in [3.05, 3.63) is 29.7 Å². The molecule has 0 atom stereocenters. The number of likely N-dealkylation sites (N-methyl/N-ethyl adjacent to an activating group) is 1. The van der Waals surface area contributed by atoms with Crippen LogP contribution in [-0.4, -0.2) is 51.6 Å². The minimum Gasteiger partial charge on any atom is -0.497 e. The van der Waals surface area contributed by atoms with Gasteiger partial charge in [0.2, 0.25) is 15.9 Å². The Labute approximate surface area is 151 Å². The Morgan fingerprint density at radius 2 is 1.96 bits per heavy atom. The Kier molecular flexibility index (Phi) is 5.88. The quantitative estimate of drug-likeness (QED) is 0.772. The first-order valence-electron chi connectivity index (χ1n) is 7.61. The summed E-state index contributed by atoms with van der Waals surface area (Å²) in [6, 6.07) is 4.88. The third-order valence-corrected chi connectivity index (χ3v) is 5.73. The normalized spacial score (nSPS) is 11.5. The van der Waals surface area contributed by atoms with E-state index in [9.17, 15) is 13.2 Å². The highest BCUT2D eigenvalue weighted by atomic mass is 32.2. The summed E-state index contributed by atoms with van der Waals surface area (Å²) in [5.41, 5.74) is 0.646. The van der Waals surface area contributed by atoms with Gasteiger partial charge in [-0.2, -0.15) is 4.31 Å². The van der Waals surface area contributed by atoms with Gasteiger partial charge in [0.1, 0.15) is 22.1 Å². The van der Waals surface area contributed by atoms with Crippen molar-refractivity contribution in [1.29, 1.82) is 0 Å². The lowest BCUT2D eigenvalue weighted by atomic mass is 10.2. The predicted molar refractivity (Wildman–Crippen MR) is 94.0 cm³/mol. The van der Waals surface area contributed by atoms with E-state index in [0.717, 1.165) is 4.31 Å².